The van der Waals surface area contributed by atoms with Crippen LogP contribution in [0.5, 0.6) is 0 Å². The van der Waals surface area contributed by atoms with Gasteiger partial charge in [0.1, 0.15) is 18.2 Å². The van der Waals surface area contributed by atoms with Crippen LogP contribution in [0.2, 0.25) is 0 Å². The molecule has 0 N–H and O–H groups in total. The summed E-state index contributed by atoms with van der Waals surface area (Å²) < 4.78 is 0. The molecule has 0 aliphatic carbocycles. The van der Waals surface area contributed by atoms with Crippen molar-refractivity contribution in [1.82, 2.24) is 14.9 Å². The summed E-state index contributed by atoms with van der Waals surface area (Å²) in [7, 11) is 0. The number of rotatable bonds is 2. The van der Waals surface area contributed by atoms with Gasteiger partial charge in [-0.25, -0.2) is 9.97 Å². The van der Waals surface area contributed by atoms with Gasteiger partial charge < -0.3 is 9.80 Å². The highest BCUT2D eigenvalue weighted by Crippen LogP contribution is 2.25. The maximum absolute atomic E-state index is 11.8. The smallest absolute Gasteiger partial charge is 0.247 e. The summed E-state index contributed by atoms with van der Waals surface area (Å²) in [5, 5.41) is 10.3. The highest BCUT2D eigenvalue weighted by molar-refractivity contribution is 5.90. The van der Waals surface area contributed by atoms with Gasteiger partial charge in [0.15, 0.2) is 0 Å². The third kappa shape index (κ3) is 2.73. The first-order valence-electron chi connectivity index (χ1n) is 7.43. The number of aromatic nitrogens is 2. The molecule has 1 unspecified atom stereocenters. The summed E-state index contributed by atoms with van der Waals surface area (Å²) in [6.07, 6.45) is 2.79. The molecular formula is C17H17N5O. The molecule has 0 spiro atoms. The van der Waals surface area contributed by atoms with Crippen molar-refractivity contribution in [2.75, 3.05) is 24.5 Å². The number of nitrogens with zero attached hydrogens (tertiary/aromatic N) is 5. The van der Waals surface area contributed by atoms with E-state index >= 15 is 0 Å². The second-order valence-corrected chi connectivity index (χ2v) is 5.54. The zero-order valence-electron chi connectivity index (χ0n) is 12.9. The van der Waals surface area contributed by atoms with Crippen molar-refractivity contribution in [1.29, 1.82) is 5.26 Å². The van der Waals surface area contributed by atoms with Crippen LogP contribution >= 0.6 is 0 Å². The van der Waals surface area contributed by atoms with E-state index in [2.05, 4.69) is 22.6 Å². The van der Waals surface area contributed by atoms with Crippen molar-refractivity contribution in [3.8, 4) is 6.07 Å². The average molecular weight is 307 g/mol. The van der Waals surface area contributed by atoms with Gasteiger partial charge in [0.2, 0.25) is 5.91 Å². The normalized spacial score (nSPS) is 17.8. The van der Waals surface area contributed by atoms with Gasteiger partial charge in [-0.2, -0.15) is 5.26 Å². The van der Waals surface area contributed by atoms with E-state index in [-0.39, 0.29) is 5.91 Å². The topological polar surface area (TPSA) is 73.1 Å². The lowest BCUT2D eigenvalue weighted by atomic mass is 10.1. The van der Waals surface area contributed by atoms with Crippen LogP contribution in [0.15, 0.2) is 37.2 Å². The Morgan fingerprint density at radius 3 is 3.00 bits per heavy atom. The first-order valence-corrected chi connectivity index (χ1v) is 7.43. The standard InChI is InChI=1S/C17H17N5O/c1-3-16(23)22-7-6-21(10-13(22)9-18)17-14-5-4-12(2)8-15(14)19-11-20-17/h3-5,8,11,13H,1,6-7,10H2,2H3. The summed E-state index contributed by atoms with van der Waals surface area (Å²) in [5.41, 5.74) is 2.02. The second-order valence-electron chi connectivity index (χ2n) is 5.54. The van der Waals surface area contributed by atoms with E-state index in [1.807, 2.05) is 30.0 Å². The number of fused-ring (bicyclic) bond motifs is 1. The number of hydrogen-bond donors (Lipinski definition) is 0. The fourth-order valence-corrected chi connectivity index (χ4v) is 2.87. The molecule has 1 amide bonds. The summed E-state index contributed by atoms with van der Waals surface area (Å²) in [4.78, 5) is 24.1. The fourth-order valence-electron chi connectivity index (χ4n) is 2.87. The van der Waals surface area contributed by atoms with Crippen LogP contribution in [0, 0.1) is 18.3 Å². The minimum atomic E-state index is -0.510. The molecule has 0 saturated carbocycles. The number of hydrogen-bond acceptors (Lipinski definition) is 5. The largest absolute Gasteiger partial charge is 0.351 e. The van der Waals surface area contributed by atoms with Crippen molar-refractivity contribution in [2.45, 2.75) is 13.0 Å². The van der Waals surface area contributed by atoms with Gasteiger partial charge in [-0.1, -0.05) is 12.6 Å². The van der Waals surface area contributed by atoms with Gasteiger partial charge in [-0.15, -0.1) is 0 Å². The lowest BCUT2D eigenvalue weighted by Gasteiger charge is -2.38. The van der Waals surface area contributed by atoms with Crippen LogP contribution in [0.4, 0.5) is 5.82 Å². The van der Waals surface area contributed by atoms with Crippen LogP contribution in [0.1, 0.15) is 5.56 Å². The predicted octanol–water partition coefficient (Wildman–Crippen LogP) is 1.66. The van der Waals surface area contributed by atoms with E-state index < -0.39 is 6.04 Å². The minimum absolute atomic E-state index is 0.209. The van der Waals surface area contributed by atoms with Crippen molar-refractivity contribution in [3.05, 3.63) is 42.7 Å². The Kier molecular flexibility index (Phi) is 3.94. The Balaban J connectivity index is 1.94. The van der Waals surface area contributed by atoms with E-state index in [1.54, 1.807) is 11.2 Å². The van der Waals surface area contributed by atoms with Crippen LogP contribution in [-0.2, 0) is 4.79 Å². The number of carbonyl (C=O) groups excluding carboxylic acids is 1. The van der Waals surface area contributed by atoms with Crippen LogP contribution in [0.3, 0.4) is 0 Å². The molecule has 3 rings (SSSR count). The van der Waals surface area contributed by atoms with E-state index in [0.717, 1.165) is 22.3 Å². The van der Waals surface area contributed by atoms with Crippen molar-refractivity contribution < 1.29 is 4.79 Å². The molecule has 1 fully saturated rings. The number of nitriles is 1. The highest BCUT2D eigenvalue weighted by Gasteiger charge is 2.30. The summed E-state index contributed by atoms with van der Waals surface area (Å²) in [5.74, 6) is 0.598. The number of benzene rings is 1. The lowest BCUT2D eigenvalue weighted by molar-refractivity contribution is -0.127. The Labute approximate surface area is 134 Å². The highest BCUT2D eigenvalue weighted by atomic mass is 16.2. The average Bonchev–Trinajstić information content (AvgIpc) is 2.59. The molecule has 23 heavy (non-hydrogen) atoms. The molecule has 1 aromatic heterocycles. The summed E-state index contributed by atoms with van der Waals surface area (Å²) in [6.45, 7) is 7.04. The van der Waals surface area contributed by atoms with Crippen LogP contribution < -0.4 is 4.90 Å². The zero-order chi connectivity index (χ0) is 16.4. The zero-order valence-corrected chi connectivity index (χ0v) is 12.9. The van der Waals surface area contributed by atoms with Crippen molar-refractivity contribution >= 4 is 22.6 Å². The van der Waals surface area contributed by atoms with E-state index in [9.17, 15) is 10.1 Å². The van der Waals surface area contributed by atoms with E-state index in [0.29, 0.717) is 19.6 Å². The minimum Gasteiger partial charge on any atom is -0.351 e. The fraction of sp³-hybridized carbons (Fsp3) is 0.294. The Hall–Kier alpha value is -2.94. The molecule has 0 bridgehead atoms. The van der Waals surface area contributed by atoms with Gasteiger partial charge in [0.25, 0.3) is 0 Å². The molecular weight excluding hydrogens is 290 g/mol. The van der Waals surface area contributed by atoms with Crippen molar-refractivity contribution in [3.63, 3.8) is 0 Å². The molecule has 1 aliphatic heterocycles. The Morgan fingerprint density at radius 1 is 1.43 bits per heavy atom. The molecule has 6 nitrogen and oxygen atoms in total. The van der Waals surface area contributed by atoms with Gasteiger partial charge in [0, 0.05) is 18.5 Å². The predicted molar refractivity (Wildman–Crippen MR) is 87.8 cm³/mol. The van der Waals surface area contributed by atoms with Gasteiger partial charge in [0.05, 0.1) is 18.1 Å². The SMILES string of the molecule is C=CC(=O)N1CCN(c2ncnc3cc(C)ccc23)CC1C#N. The number of aryl methyl sites for hydroxylation is 1. The third-order valence-corrected chi connectivity index (χ3v) is 4.06. The first kappa shape index (κ1) is 15.0. The number of amides is 1. The van der Waals surface area contributed by atoms with E-state index in [1.165, 1.54) is 6.08 Å². The van der Waals surface area contributed by atoms with Crippen LogP contribution in [-0.4, -0.2) is 46.5 Å². The summed E-state index contributed by atoms with van der Waals surface area (Å²) >= 11 is 0. The molecule has 0 radical (unpaired) electrons. The monoisotopic (exact) mass is 307 g/mol. The first-order chi connectivity index (χ1) is 11.1. The maximum atomic E-state index is 11.8. The van der Waals surface area contributed by atoms with Gasteiger partial charge >= 0.3 is 0 Å². The lowest BCUT2D eigenvalue weighted by Crippen LogP contribution is -2.54. The molecule has 6 heteroatoms. The molecule has 1 aromatic carbocycles. The molecule has 1 atom stereocenters. The molecule has 2 heterocycles. The molecule has 1 saturated heterocycles. The molecule has 116 valence electrons. The third-order valence-electron chi connectivity index (χ3n) is 4.06. The number of anilines is 1. The number of carbonyl (C=O) groups is 1. The quantitative estimate of drug-likeness (QED) is 0.789. The second kappa shape index (κ2) is 6.05. The van der Waals surface area contributed by atoms with Crippen molar-refractivity contribution in [2.24, 2.45) is 0 Å². The van der Waals surface area contributed by atoms with Gasteiger partial charge in [-0.3, -0.25) is 4.79 Å². The van der Waals surface area contributed by atoms with Gasteiger partial charge in [-0.05, 0) is 30.7 Å². The Morgan fingerprint density at radius 2 is 2.26 bits per heavy atom. The Bertz CT molecular complexity index is 810. The van der Waals surface area contributed by atoms with Crippen LogP contribution in [0.25, 0.3) is 10.9 Å². The molecule has 1 aliphatic rings. The summed E-state index contributed by atoms with van der Waals surface area (Å²) in [6, 6.07) is 7.73. The van der Waals surface area contributed by atoms with E-state index in [4.69, 9.17) is 0 Å². The maximum Gasteiger partial charge on any atom is 0.247 e. The number of piperazine rings is 1. The molecule has 2 aromatic rings.